The van der Waals surface area contributed by atoms with Crippen LogP contribution in [0.4, 0.5) is 16.0 Å². The lowest BCUT2D eigenvalue weighted by Crippen LogP contribution is -2.22. The molecule has 0 atom stereocenters. The van der Waals surface area contributed by atoms with Gasteiger partial charge < -0.3 is 10.6 Å². The number of halogens is 1. The van der Waals surface area contributed by atoms with Crippen molar-refractivity contribution in [2.75, 3.05) is 23.7 Å². The topological polar surface area (TPSA) is 84.7 Å². The Kier molecular flexibility index (Phi) is 7.96. The molecule has 0 aliphatic heterocycles. The number of aryl methyl sites for hydroxylation is 2. The molecule has 2 N–H and O–H groups in total. The second-order valence-corrected chi connectivity index (χ2v) is 10.1. The van der Waals surface area contributed by atoms with Gasteiger partial charge >= 0.3 is 0 Å². The predicted octanol–water partition coefficient (Wildman–Crippen LogP) is 5.80. The highest BCUT2D eigenvalue weighted by Gasteiger charge is 2.18. The molecule has 0 saturated heterocycles. The molecule has 0 unspecified atom stereocenters. The van der Waals surface area contributed by atoms with E-state index in [4.69, 9.17) is 4.98 Å². The molecular formula is C30H35FN6O. The highest BCUT2D eigenvalue weighted by Crippen LogP contribution is 2.33. The van der Waals surface area contributed by atoms with Gasteiger partial charge in [-0.15, -0.1) is 0 Å². The average Bonchev–Trinajstić information content (AvgIpc) is 2.91. The molecule has 198 valence electrons. The number of nitrogens with one attached hydrogen (secondary N) is 2. The van der Waals surface area contributed by atoms with Gasteiger partial charge in [0.15, 0.2) is 5.82 Å². The van der Waals surface area contributed by atoms with E-state index < -0.39 is 5.82 Å². The second kappa shape index (κ2) is 11.7. The molecular weight excluding hydrogens is 479 g/mol. The zero-order chi connectivity index (χ0) is 26.5. The first-order valence-corrected chi connectivity index (χ1v) is 13.6. The predicted molar refractivity (Wildman–Crippen MR) is 151 cm³/mol. The van der Waals surface area contributed by atoms with Crippen LogP contribution in [0.2, 0.25) is 0 Å². The van der Waals surface area contributed by atoms with Gasteiger partial charge in [0.25, 0.3) is 5.56 Å². The smallest absolute Gasteiger partial charge is 0.255 e. The summed E-state index contributed by atoms with van der Waals surface area (Å²) in [6.45, 7) is 3.75. The van der Waals surface area contributed by atoms with Gasteiger partial charge in [0.05, 0.1) is 17.4 Å². The van der Waals surface area contributed by atoms with Gasteiger partial charge in [0.2, 0.25) is 5.95 Å². The van der Waals surface area contributed by atoms with Crippen LogP contribution in [0.3, 0.4) is 0 Å². The Morgan fingerprint density at radius 1 is 0.974 bits per heavy atom. The van der Waals surface area contributed by atoms with E-state index in [0.717, 1.165) is 56.8 Å². The van der Waals surface area contributed by atoms with Crippen molar-refractivity contribution in [1.82, 2.24) is 19.5 Å². The molecule has 1 aliphatic rings. The van der Waals surface area contributed by atoms with Crippen LogP contribution in [0, 0.1) is 12.7 Å². The van der Waals surface area contributed by atoms with Gasteiger partial charge in [-0.3, -0.25) is 19.3 Å². The van der Waals surface area contributed by atoms with Crippen LogP contribution in [-0.2, 0) is 19.9 Å². The maximum absolute atomic E-state index is 14.1. The third-order valence-corrected chi connectivity index (χ3v) is 7.29. The Labute approximate surface area is 222 Å². The Bertz CT molecular complexity index is 1500. The molecule has 5 rings (SSSR count). The molecule has 0 radical (unpaired) electrons. The highest BCUT2D eigenvalue weighted by molar-refractivity contribution is 5.94. The quantitative estimate of drug-likeness (QED) is 0.260. The molecule has 3 aromatic heterocycles. The van der Waals surface area contributed by atoms with Gasteiger partial charge in [-0.2, -0.15) is 0 Å². The van der Waals surface area contributed by atoms with Crippen molar-refractivity contribution < 1.29 is 4.39 Å². The molecule has 0 fully saturated rings. The zero-order valence-electron chi connectivity index (χ0n) is 22.2. The van der Waals surface area contributed by atoms with Gasteiger partial charge in [-0.1, -0.05) is 25.0 Å². The number of hydrogen-bond acceptors (Lipinski definition) is 6. The fourth-order valence-corrected chi connectivity index (χ4v) is 5.17. The third kappa shape index (κ3) is 5.69. The van der Waals surface area contributed by atoms with E-state index in [0.29, 0.717) is 18.2 Å². The van der Waals surface area contributed by atoms with E-state index in [2.05, 4.69) is 45.7 Å². The Morgan fingerprint density at radius 2 is 1.76 bits per heavy atom. The van der Waals surface area contributed by atoms with Crippen molar-refractivity contribution in [2.45, 2.75) is 58.3 Å². The van der Waals surface area contributed by atoms with E-state index >= 15 is 0 Å². The fraction of sp³-hybridized carbons (Fsp3) is 0.400. The first-order valence-electron chi connectivity index (χ1n) is 13.6. The first kappa shape index (κ1) is 25.8. The minimum Gasteiger partial charge on any atom is -0.384 e. The lowest BCUT2D eigenvalue weighted by molar-refractivity contribution is 0.624. The van der Waals surface area contributed by atoms with Crippen LogP contribution < -0.4 is 16.2 Å². The minimum absolute atomic E-state index is 0.235. The second-order valence-electron chi connectivity index (χ2n) is 10.1. The maximum atomic E-state index is 14.1. The first-order chi connectivity index (χ1) is 18.5. The normalized spacial score (nSPS) is 12.9. The van der Waals surface area contributed by atoms with Crippen molar-refractivity contribution in [1.29, 1.82) is 0 Å². The van der Waals surface area contributed by atoms with Crippen LogP contribution >= 0.6 is 0 Å². The van der Waals surface area contributed by atoms with E-state index in [-0.39, 0.29) is 11.1 Å². The average molecular weight is 515 g/mol. The van der Waals surface area contributed by atoms with Crippen molar-refractivity contribution in [3.8, 4) is 11.3 Å². The van der Waals surface area contributed by atoms with E-state index in [1.165, 1.54) is 63.6 Å². The van der Waals surface area contributed by atoms with Gasteiger partial charge in [0, 0.05) is 54.7 Å². The van der Waals surface area contributed by atoms with Gasteiger partial charge in [-0.05, 0) is 68.7 Å². The molecule has 3 heterocycles. The molecule has 8 heteroatoms. The summed E-state index contributed by atoms with van der Waals surface area (Å²) in [7, 11) is 1.67. The molecule has 0 amide bonds. The molecule has 4 aromatic rings. The van der Waals surface area contributed by atoms with Crippen molar-refractivity contribution in [3.63, 3.8) is 0 Å². The molecule has 0 bridgehead atoms. The molecule has 0 spiro atoms. The number of hydrogen-bond donors (Lipinski definition) is 2. The fourth-order valence-electron chi connectivity index (χ4n) is 5.17. The molecule has 1 aliphatic carbocycles. The third-order valence-electron chi connectivity index (χ3n) is 7.29. The molecule has 0 saturated carbocycles. The van der Waals surface area contributed by atoms with E-state index in [9.17, 15) is 9.18 Å². The number of nitrogens with zero attached hydrogens (tertiary/aromatic N) is 4. The Hall–Kier alpha value is -3.81. The summed E-state index contributed by atoms with van der Waals surface area (Å²) in [5.74, 6) is -0.0573. The molecule has 7 nitrogen and oxygen atoms in total. The summed E-state index contributed by atoms with van der Waals surface area (Å²) >= 11 is 0. The number of aromatic nitrogens is 4. The summed E-state index contributed by atoms with van der Waals surface area (Å²) in [4.78, 5) is 25.6. The Balaban J connectivity index is 1.12. The summed E-state index contributed by atoms with van der Waals surface area (Å²) in [6, 6.07) is 9.45. The van der Waals surface area contributed by atoms with E-state index in [1.54, 1.807) is 7.05 Å². The van der Waals surface area contributed by atoms with Crippen LogP contribution in [0.1, 0.15) is 55.3 Å². The van der Waals surface area contributed by atoms with Crippen molar-refractivity contribution >= 4 is 22.5 Å². The largest absolute Gasteiger partial charge is 0.384 e. The summed E-state index contributed by atoms with van der Waals surface area (Å²) in [5, 5.41) is 8.23. The van der Waals surface area contributed by atoms with Crippen molar-refractivity contribution in [2.24, 2.45) is 7.05 Å². The Morgan fingerprint density at radius 3 is 2.58 bits per heavy atom. The van der Waals surface area contributed by atoms with Crippen LogP contribution in [0.15, 0.2) is 47.5 Å². The summed E-state index contributed by atoms with van der Waals surface area (Å²) in [5.41, 5.74) is 6.63. The van der Waals surface area contributed by atoms with E-state index in [1.807, 2.05) is 0 Å². The standard InChI is InChI=1S/C30H35FN6O/c1-20-11-12-23-26(17-20)35-25-10-6-5-9-22(25)29(23)33-14-7-3-4-8-15-34-30-36-27(18-28(38)37(30)2)21-13-16-32-19-24(21)31/h11-13,16-19H,3-10,14-15H2,1-2H3,(H,33,35)(H,34,36). The summed E-state index contributed by atoms with van der Waals surface area (Å²) in [6.07, 6.45) is 11.5. The molecule has 38 heavy (non-hydrogen) atoms. The zero-order valence-corrected chi connectivity index (χ0v) is 22.2. The number of anilines is 2. The maximum Gasteiger partial charge on any atom is 0.255 e. The lowest BCUT2D eigenvalue weighted by Gasteiger charge is -2.22. The van der Waals surface area contributed by atoms with Crippen molar-refractivity contribution in [3.05, 3.63) is 75.7 Å². The summed E-state index contributed by atoms with van der Waals surface area (Å²) < 4.78 is 15.6. The van der Waals surface area contributed by atoms with Crippen LogP contribution in [0.25, 0.3) is 22.2 Å². The highest BCUT2D eigenvalue weighted by atomic mass is 19.1. The number of pyridine rings is 2. The number of rotatable bonds is 10. The minimum atomic E-state index is -0.497. The lowest BCUT2D eigenvalue weighted by atomic mass is 9.92. The van der Waals surface area contributed by atoms with Gasteiger partial charge in [0.1, 0.15) is 0 Å². The molecule has 1 aromatic carbocycles. The number of unbranched alkanes of at least 4 members (excludes halogenated alkanes) is 3. The van der Waals surface area contributed by atoms with Crippen LogP contribution in [0.5, 0.6) is 0 Å². The van der Waals surface area contributed by atoms with Gasteiger partial charge in [-0.25, -0.2) is 9.37 Å². The number of fused-ring (bicyclic) bond motifs is 2. The van der Waals surface area contributed by atoms with Crippen LogP contribution in [-0.4, -0.2) is 32.6 Å². The SMILES string of the molecule is Cc1ccc2c(NCCCCCCNc3nc(-c4ccncc4F)cc(=O)n3C)c3c(nc2c1)CCCC3. The number of benzene rings is 1. The monoisotopic (exact) mass is 514 g/mol.